The molecule has 0 aliphatic rings. The zero-order valence-corrected chi connectivity index (χ0v) is 18.4. The number of nitrogens with two attached hydrogens (primary N) is 1. The van der Waals surface area contributed by atoms with Crippen molar-refractivity contribution in [1.82, 2.24) is 0 Å². The highest BCUT2D eigenvalue weighted by atomic mass is 16.4. The molecular weight excluding hydrogens is 384 g/mol. The molecule has 4 nitrogen and oxygen atoms in total. The Morgan fingerprint density at radius 2 is 1.52 bits per heavy atom. The Morgan fingerprint density at radius 1 is 0.871 bits per heavy atom. The molecule has 0 fully saturated rings. The molecule has 0 aliphatic heterocycles. The van der Waals surface area contributed by atoms with Gasteiger partial charge in [0.15, 0.2) is 0 Å². The third kappa shape index (κ3) is 5.53. The van der Waals surface area contributed by atoms with Gasteiger partial charge in [0.05, 0.1) is 11.3 Å². The molecule has 31 heavy (non-hydrogen) atoms. The van der Waals surface area contributed by atoms with Crippen LogP contribution in [-0.4, -0.2) is 11.1 Å². The van der Waals surface area contributed by atoms with Crippen LogP contribution in [0.3, 0.4) is 0 Å². The second-order valence-electron chi connectivity index (χ2n) is 7.78. The fraction of sp³-hybridized carbons (Fsp3) is 0.296. The van der Waals surface area contributed by atoms with Gasteiger partial charge >= 0.3 is 5.97 Å². The van der Waals surface area contributed by atoms with Gasteiger partial charge in [-0.1, -0.05) is 50.2 Å². The van der Waals surface area contributed by atoms with E-state index >= 15 is 0 Å². The molecule has 0 unspecified atom stereocenters. The minimum Gasteiger partial charge on any atom is -0.478 e. The number of aryl methyl sites for hydroxylation is 2. The van der Waals surface area contributed by atoms with E-state index in [1.54, 1.807) is 18.2 Å². The van der Waals surface area contributed by atoms with Crippen molar-refractivity contribution in [2.24, 2.45) is 5.73 Å². The predicted octanol–water partition coefficient (Wildman–Crippen LogP) is 5.89. The summed E-state index contributed by atoms with van der Waals surface area (Å²) in [6.07, 6.45) is 5.24. The van der Waals surface area contributed by atoms with Crippen molar-refractivity contribution >= 4 is 17.3 Å². The molecule has 0 spiro atoms. The van der Waals surface area contributed by atoms with E-state index in [0.717, 1.165) is 37.8 Å². The molecule has 0 radical (unpaired) electrons. The van der Waals surface area contributed by atoms with Crippen LogP contribution in [0.15, 0.2) is 60.7 Å². The van der Waals surface area contributed by atoms with Crippen molar-refractivity contribution in [2.45, 2.75) is 52.5 Å². The molecule has 3 rings (SSSR count). The van der Waals surface area contributed by atoms with E-state index in [4.69, 9.17) is 5.73 Å². The largest absolute Gasteiger partial charge is 0.478 e. The topological polar surface area (TPSA) is 75.3 Å². The fourth-order valence-corrected chi connectivity index (χ4v) is 4.27. The SMILES string of the molecule is CCc1c(CN)ccc(CCCc2ccc(Nc3ccccc3C(=O)O)cc2)c1CC. The van der Waals surface area contributed by atoms with Gasteiger partial charge in [-0.2, -0.15) is 0 Å². The molecule has 3 aromatic carbocycles. The van der Waals surface area contributed by atoms with Crippen molar-refractivity contribution in [2.75, 3.05) is 5.32 Å². The van der Waals surface area contributed by atoms with Crippen LogP contribution in [0.2, 0.25) is 0 Å². The third-order valence-corrected chi connectivity index (χ3v) is 5.85. The van der Waals surface area contributed by atoms with Crippen LogP contribution in [-0.2, 0) is 32.2 Å². The van der Waals surface area contributed by atoms with Gasteiger partial charge in [0, 0.05) is 12.2 Å². The van der Waals surface area contributed by atoms with Crippen LogP contribution in [0.25, 0.3) is 0 Å². The van der Waals surface area contributed by atoms with Crippen LogP contribution in [0.4, 0.5) is 11.4 Å². The van der Waals surface area contributed by atoms with E-state index in [1.807, 2.05) is 18.2 Å². The molecule has 0 bridgehead atoms. The zero-order valence-electron chi connectivity index (χ0n) is 18.4. The van der Waals surface area contributed by atoms with Crippen LogP contribution in [0.1, 0.15) is 58.4 Å². The maximum absolute atomic E-state index is 11.4. The summed E-state index contributed by atoms with van der Waals surface area (Å²) in [5.74, 6) is -0.933. The Bertz CT molecular complexity index is 1030. The summed E-state index contributed by atoms with van der Waals surface area (Å²) in [4.78, 5) is 11.4. The third-order valence-electron chi connectivity index (χ3n) is 5.85. The summed E-state index contributed by atoms with van der Waals surface area (Å²) >= 11 is 0. The lowest BCUT2D eigenvalue weighted by Gasteiger charge is -2.16. The number of hydrogen-bond acceptors (Lipinski definition) is 3. The van der Waals surface area contributed by atoms with Gasteiger partial charge in [0.1, 0.15) is 0 Å². The molecular formula is C27H32N2O2. The summed E-state index contributed by atoms with van der Waals surface area (Å²) in [5, 5.41) is 12.5. The van der Waals surface area contributed by atoms with Crippen LogP contribution >= 0.6 is 0 Å². The highest BCUT2D eigenvalue weighted by Crippen LogP contribution is 2.24. The number of nitrogens with one attached hydrogen (secondary N) is 1. The van der Waals surface area contributed by atoms with E-state index < -0.39 is 5.97 Å². The van der Waals surface area contributed by atoms with Crippen LogP contribution < -0.4 is 11.1 Å². The number of hydrogen-bond donors (Lipinski definition) is 3. The van der Waals surface area contributed by atoms with Crippen molar-refractivity contribution < 1.29 is 9.90 Å². The van der Waals surface area contributed by atoms with Gasteiger partial charge in [-0.15, -0.1) is 0 Å². The number of para-hydroxylation sites is 1. The predicted molar refractivity (Wildman–Crippen MR) is 128 cm³/mol. The summed E-state index contributed by atoms with van der Waals surface area (Å²) in [5.41, 5.74) is 14.6. The lowest BCUT2D eigenvalue weighted by Crippen LogP contribution is -2.07. The smallest absolute Gasteiger partial charge is 0.337 e. The quantitative estimate of drug-likeness (QED) is 0.385. The van der Waals surface area contributed by atoms with E-state index in [1.165, 1.54) is 27.8 Å². The van der Waals surface area contributed by atoms with E-state index in [0.29, 0.717) is 12.2 Å². The standard InChI is InChI=1S/C27H32N2O2/c1-3-23-20(14-15-21(18-28)24(23)4-2)9-7-8-19-12-16-22(17-13-19)29-26-11-6-5-10-25(26)27(30)31/h5-6,10-17,29H,3-4,7-9,18,28H2,1-2H3,(H,30,31). The van der Waals surface area contributed by atoms with Crippen LogP contribution in [0, 0.1) is 0 Å². The number of carboxylic acid groups (broad SMARTS) is 1. The van der Waals surface area contributed by atoms with Crippen molar-refractivity contribution in [3.8, 4) is 0 Å². The molecule has 0 saturated carbocycles. The maximum atomic E-state index is 11.4. The second kappa shape index (κ2) is 10.8. The summed E-state index contributed by atoms with van der Waals surface area (Å²) in [6.45, 7) is 5.04. The average molecular weight is 417 g/mol. The molecule has 4 heteroatoms. The van der Waals surface area contributed by atoms with Gasteiger partial charge in [0.25, 0.3) is 0 Å². The van der Waals surface area contributed by atoms with Gasteiger partial charge in [0.2, 0.25) is 0 Å². The highest BCUT2D eigenvalue weighted by Gasteiger charge is 2.11. The molecule has 0 heterocycles. The Labute approximate surface area is 185 Å². The van der Waals surface area contributed by atoms with Crippen LogP contribution in [0.5, 0.6) is 0 Å². The zero-order chi connectivity index (χ0) is 22.2. The summed E-state index contributed by atoms with van der Waals surface area (Å²) in [7, 11) is 0. The first-order valence-electron chi connectivity index (χ1n) is 11.1. The number of carboxylic acids is 1. The molecule has 0 saturated heterocycles. The molecule has 0 atom stereocenters. The van der Waals surface area contributed by atoms with Crippen molar-refractivity contribution in [3.05, 3.63) is 94.0 Å². The number of rotatable bonds is 10. The highest BCUT2D eigenvalue weighted by molar-refractivity contribution is 5.95. The normalized spacial score (nSPS) is 10.8. The van der Waals surface area contributed by atoms with Gasteiger partial charge in [-0.25, -0.2) is 4.79 Å². The Balaban J connectivity index is 1.62. The van der Waals surface area contributed by atoms with Crippen molar-refractivity contribution in [3.63, 3.8) is 0 Å². The van der Waals surface area contributed by atoms with E-state index in [9.17, 15) is 9.90 Å². The number of aromatic carboxylic acids is 1. The molecule has 0 aromatic heterocycles. The fourth-order valence-electron chi connectivity index (χ4n) is 4.27. The molecule has 162 valence electrons. The minimum absolute atomic E-state index is 0.269. The van der Waals surface area contributed by atoms with Gasteiger partial charge < -0.3 is 16.2 Å². The lowest BCUT2D eigenvalue weighted by molar-refractivity contribution is 0.0698. The first-order valence-corrected chi connectivity index (χ1v) is 11.1. The van der Waals surface area contributed by atoms with E-state index in [-0.39, 0.29) is 5.56 Å². The lowest BCUT2D eigenvalue weighted by atomic mass is 9.90. The number of benzene rings is 3. The van der Waals surface area contributed by atoms with Gasteiger partial charge in [-0.3, -0.25) is 0 Å². The summed E-state index contributed by atoms with van der Waals surface area (Å²) in [6, 6.07) is 19.6. The van der Waals surface area contributed by atoms with Crippen molar-refractivity contribution in [1.29, 1.82) is 0 Å². The van der Waals surface area contributed by atoms with Gasteiger partial charge in [-0.05, 0) is 84.2 Å². The molecule has 4 N–H and O–H groups in total. The molecule has 0 aliphatic carbocycles. The first-order chi connectivity index (χ1) is 15.1. The maximum Gasteiger partial charge on any atom is 0.337 e. The molecule has 3 aromatic rings. The molecule has 0 amide bonds. The van der Waals surface area contributed by atoms with E-state index in [2.05, 4.69) is 43.4 Å². The Hall–Kier alpha value is -3.11. The number of carbonyl (C=O) groups is 1. The summed E-state index contributed by atoms with van der Waals surface area (Å²) < 4.78 is 0. The second-order valence-corrected chi connectivity index (χ2v) is 7.78. The minimum atomic E-state index is -0.933. The Kier molecular flexibility index (Phi) is 7.85. The average Bonchev–Trinajstić information content (AvgIpc) is 2.79. The number of anilines is 2. The first kappa shape index (κ1) is 22.6. The Morgan fingerprint density at radius 3 is 2.16 bits per heavy atom. The monoisotopic (exact) mass is 416 g/mol.